The molecule has 0 aliphatic rings. The Kier molecular flexibility index (Phi) is 5.09. The molecule has 0 fully saturated rings. The average molecular weight is 287 g/mol. The molecule has 0 bridgehead atoms. The van der Waals surface area contributed by atoms with Crippen molar-refractivity contribution in [3.63, 3.8) is 0 Å². The first-order valence-corrected chi connectivity index (χ1v) is 6.77. The lowest BCUT2D eigenvalue weighted by Gasteiger charge is -2.09. The molecular weight excluding hydrogens is 270 g/mol. The number of aromatic nitrogens is 1. The summed E-state index contributed by atoms with van der Waals surface area (Å²) in [7, 11) is 0. The highest BCUT2D eigenvalue weighted by Crippen LogP contribution is 2.20. The summed E-state index contributed by atoms with van der Waals surface area (Å²) in [6.07, 6.45) is 3.01. The van der Waals surface area contributed by atoms with Gasteiger partial charge in [-0.3, -0.25) is 9.78 Å². The molecule has 0 radical (unpaired) electrons. The van der Waals surface area contributed by atoms with Crippen LogP contribution in [-0.2, 0) is 4.79 Å². The number of carboxylic acids is 1. The number of carbonyl (C=O) groups excluding carboxylic acids is 1. The number of rotatable bonds is 6. The van der Waals surface area contributed by atoms with Crippen LogP contribution < -0.4 is 10.6 Å². The zero-order valence-corrected chi connectivity index (χ0v) is 11.5. The fraction of sp³-hybridized carbons (Fsp3) is 0.267. The van der Waals surface area contributed by atoms with Crippen molar-refractivity contribution in [3.8, 4) is 0 Å². The third-order valence-electron chi connectivity index (χ3n) is 3.00. The molecule has 6 nitrogen and oxygen atoms in total. The summed E-state index contributed by atoms with van der Waals surface area (Å²) in [5.74, 6) is -0.817. The van der Waals surface area contributed by atoms with Gasteiger partial charge in [-0.25, -0.2) is 4.79 Å². The van der Waals surface area contributed by atoms with E-state index in [1.807, 2.05) is 30.3 Å². The molecule has 0 aliphatic heterocycles. The molecule has 0 saturated carbocycles. The molecule has 1 aromatic heterocycles. The third-order valence-corrected chi connectivity index (χ3v) is 3.00. The van der Waals surface area contributed by atoms with Crippen LogP contribution in [0.5, 0.6) is 0 Å². The van der Waals surface area contributed by atoms with E-state index in [0.29, 0.717) is 25.1 Å². The second kappa shape index (κ2) is 7.23. The minimum atomic E-state index is -0.817. The summed E-state index contributed by atoms with van der Waals surface area (Å²) in [5, 5.41) is 14.9. The molecule has 0 saturated heterocycles. The van der Waals surface area contributed by atoms with Crippen LogP contribution in [0.25, 0.3) is 10.9 Å². The number of anilines is 1. The fourth-order valence-corrected chi connectivity index (χ4v) is 1.98. The van der Waals surface area contributed by atoms with Gasteiger partial charge in [0.15, 0.2) is 0 Å². The topological polar surface area (TPSA) is 91.3 Å². The van der Waals surface area contributed by atoms with Crippen LogP contribution in [0.3, 0.4) is 0 Å². The van der Waals surface area contributed by atoms with Gasteiger partial charge >= 0.3 is 12.0 Å². The van der Waals surface area contributed by atoms with E-state index in [0.717, 1.165) is 10.9 Å². The molecule has 2 aromatic rings. The maximum atomic E-state index is 11.8. The highest BCUT2D eigenvalue weighted by molar-refractivity contribution is 6.00. The molecule has 0 spiro atoms. The summed E-state index contributed by atoms with van der Waals surface area (Å²) in [6, 6.07) is 8.93. The standard InChI is InChI=1S/C15H17N3O3/c19-14(20)8-1-2-9-17-15(21)18-13-7-3-6-12-11(13)5-4-10-16-12/h3-7,10H,1-2,8-9H2,(H,19,20)(H2,17,18,21). The summed E-state index contributed by atoms with van der Waals surface area (Å²) < 4.78 is 0. The second-order valence-electron chi connectivity index (χ2n) is 4.61. The smallest absolute Gasteiger partial charge is 0.319 e. The molecule has 0 atom stereocenters. The van der Waals surface area contributed by atoms with E-state index in [-0.39, 0.29) is 12.5 Å². The zero-order valence-electron chi connectivity index (χ0n) is 11.5. The van der Waals surface area contributed by atoms with Crippen molar-refractivity contribution in [1.29, 1.82) is 0 Å². The van der Waals surface area contributed by atoms with Gasteiger partial charge in [0.25, 0.3) is 0 Å². The number of unbranched alkanes of at least 4 members (excludes halogenated alkanes) is 1. The molecule has 2 rings (SSSR count). The monoisotopic (exact) mass is 287 g/mol. The van der Waals surface area contributed by atoms with E-state index in [1.54, 1.807) is 6.20 Å². The van der Waals surface area contributed by atoms with Crippen molar-refractivity contribution in [1.82, 2.24) is 10.3 Å². The number of carbonyl (C=O) groups is 2. The number of nitrogens with one attached hydrogen (secondary N) is 2. The van der Waals surface area contributed by atoms with Gasteiger partial charge < -0.3 is 15.7 Å². The van der Waals surface area contributed by atoms with Crippen LogP contribution >= 0.6 is 0 Å². The van der Waals surface area contributed by atoms with Crippen molar-refractivity contribution in [3.05, 3.63) is 36.5 Å². The first kappa shape index (κ1) is 14.8. The van der Waals surface area contributed by atoms with Gasteiger partial charge in [-0.05, 0) is 37.1 Å². The first-order valence-electron chi connectivity index (χ1n) is 6.77. The molecule has 1 aromatic carbocycles. The molecular formula is C15H17N3O3. The van der Waals surface area contributed by atoms with Crippen LogP contribution in [0.15, 0.2) is 36.5 Å². The van der Waals surface area contributed by atoms with Crippen LogP contribution in [-0.4, -0.2) is 28.6 Å². The van der Waals surface area contributed by atoms with Gasteiger partial charge in [-0.2, -0.15) is 0 Å². The van der Waals surface area contributed by atoms with Gasteiger partial charge in [0.1, 0.15) is 0 Å². The number of urea groups is 1. The number of pyridine rings is 1. The Bertz CT molecular complexity index is 638. The summed E-state index contributed by atoms with van der Waals surface area (Å²) >= 11 is 0. The average Bonchev–Trinajstić information content (AvgIpc) is 2.47. The predicted octanol–water partition coefficient (Wildman–Crippen LogP) is 2.61. The van der Waals surface area contributed by atoms with E-state index in [1.165, 1.54) is 0 Å². The van der Waals surface area contributed by atoms with Crippen LogP contribution in [0.4, 0.5) is 10.5 Å². The lowest BCUT2D eigenvalue weighted by Crippen LogP contribution is -2.29. The fourth-order valence-electron chi connectivity index (χ4n) is 1.98. The van der Waals surface area contributed by atoms with Gasteiger partial charge in [-0.15, -0.1) is 0 Å². The van der Waals surface area contributed by atoms with Gasteiger partial charge in [-0.1, -0.05) is 6.07 Å². The highest BCUT2D eigenvalue weighted by atomic mass is 16.4. The van der Waals surface area contributed by atoms with E-state index in [2.05, 4.69) is 15.6 Å². The van der Waals surface area contributed by atoms with Crippen molar-refractivity contribution in [2.45, 2.75) is 19.3 Å². The minimum absolute atomic E-state index is 0.123. The quantitative estimate of drug-likeness (QED) is 0.712. The van der Waals surface area contributed by atoms with Crippen LogP contribution in [0, 0.1) is 0 Å². The molecule has 1 heterocycles. The van der Waals surface area contributed by atoms with Gasteiger partial charge in [0.2, 0.25) is 0 Å². The Morgan fingerprint density at radius 1 is 1.14 bits per heavy atom. The summed E-state index contributed by atoms with van der Waals surface area (Å²) in [4.78, 5) is 26.4. The Balaban J connectivity index is 1.86. The van der Waals surface area contributed by atoms with E-state index in [4.69, 9.17) is 5.11 Å². The molecule has 2 amide bonds. The Morgan fingerprint density at radius 3 is 2.81 bits per heavy atom. The number of carboxylic acid groups (broad SMARTS) is 1. The maximum Gasteiger partial charge on any atom is 0.319 e. The van der Waals surface area contributed by atoms with Crippen molar-refractivity contribution in [2.75, 3.05) is 11.9 Å². The van der Waals surface area contributed by atoms with Gasteiger partial charge in [0.05, 0.1) is 11.2 Å². The van der Waals surface area contributed by atoms with E-state index >= 15 is 0 Å². The first-order chi connectivity index (χ1) is 10.2. The maximum absolute atomic E-state index is 11.8. The Morgan fingerprint density at radius 2 is 2.00 bits per heavy atom. The number of benzene rings is 1. The number of fused-ring (bicyclic) bond motifs is 1. The third kappa shape index (κ3) is 4.45. The van der Waals surface area contributed by atoms with Crippen molar-refractivity contribution in [2.24, 2.45) is 0 Å². The number of nitrogens with zero attached hydrogens (tertiary/aromatic N) is 1. The molecule has 21 heavy (non-hydrogen) atoms. The molecule has 3 N–H and O–H groups in total. The molecule has 110 valence electrons. The van der Waals surface area contributed by atoms with Crippen LogP contribution in [0.2, 0.25) is 0 Å². The Labute approximate surface area is 122 Å². The number of hydrogen-bond acceptors (Lipinski definition) is 3. The number of hydrogen-bond donors (Lipinski definition) is 3. The van der Waals surface area contributed by atoms with Crippen LogP contribution in [0.1, 0.15) is 19.3 Å². The predicted molar refractivity (Wildman–Crippen MR) is 80.3 cm³/mol. The largest absolute Gasteiger partial charge is 0.481 e. The highest BCUT2D eigenvalue weighted by Gasteiger charge is 2.05. The normalized spacial score (nSPS) is 10.3. The van der Waals surface area contributed by atoms with E-state index < -0.39 is 5.97 Å². The van der Waals surface area contributed by atoms with E-state index in [9.17, 15) is 9.59 Å². The molecule has 6 heteroatoms. The second-order valence-corrected chi connectivity index (χ2v) is 4.61. The Hall–Kier alpha value is -2.63. The molecule has 0 unspecified atom stereocenters. The minimum Gasteiger partial charge on any atom is -0.481 e. The van der Waals surface area contributed by atoms with Crippen molar-refractivity contribution >= 4 is 28.6 Å². The lowest BCUT2D eigenvalue weighted by atomic mass is 10.2. The lowest BCUT2D eigenvalue weighted by molar-refractivity contribution is -0.137. The van der Waals surface area contributed by atoms with Gasteiger partial charge in [0, 0.05) is 24.5 Å². The summed E-state index contributed by atoms with van der Waals surface area (Å²) in [6.45, 7) is 0.447. The molecule has 0 aliphatic carbocycles. The SMILES string of the molecule is O=C(O)CCCCNC(=O)Nc1cccc2ncccc12. The van der Waals surface area contributed by atoms with Crippen molar-refractivity contribution < 1.29 is 14.7 Å². The number of aliphatic carboxylic acids is 1. The summed E-state index contributed by atoms with van der Waals surface area (Å²) in [5.41, 5.74) is 1.51. The number of amides is 2. The zero-order chi connectivity index (χ0) is 15.1.